The van der Waals surface area contributed by atoms with Crippen LogP contribution < -0.4 is 0 Å². The van der Waals surface area contributed by atoms with Crippen molar-refractivity contribution in [3.63, 3.8) is 0 Å². The van der Waals surface area contributed by atoms with E-state index in [2.05, 4.69) is 18.4 Å². The number of nitrogens with zero attached hydrogens (tertiary/aromatic N) is 1. The van der Waals surface area contributed by atoms with E-state index >= 15 is 0 Å². The summed E-state index contributed by atoms with van der Waals surface area (Å²) in [6.45, 7) is 10.1. The van der Waals surface area contributed by atoms with E-state index in [0.717, 1.165) is 0 Å². The molecule has 82 valence electrons. The summed E-state index contributed by atoms with van der Waals surface area (Å²) in [5.41, 5.74) is 1.45. The van der Waals surface area contributed by atoms with Crippen LogP contribution in [0.1, 0.15) is 51.9 Å². The van der Waals surface area contributed by atoms with Crippen LogP contribution in [0, 0.1) is 0 Å². The van der Waals surface area contributed by atoms with Gasteiger partial charge in [-0.05, 0) is 25.8 Å². The van der Waals surface area contributed by atoms with Crippen LogP contribution >= 0.6 is 0 Å². The molecule has 0 bridgehead atoms. The maximum Gasteiger partial charge on any atom is 0.00186 e. The molecule has 0 aromatic heterocycles. The summed E-state index contributed by atoms with van der Waals surface area (Å²) in [6.07, 6.45) is 9.47. The van der Waals surface area contributed by atoms with Crippen molar-refractivity contribution in [2.24, 2.45) is 0 Å². The lowest BCUT2D eigenvalue weighted by atomic mass is 10.1. The Morgan fingerprint density at radius 3 is 2.36 bits per heavy atom. The molecule has 0 atom stereocenters. The van der Waals surface area contributed by atoms with Crippen molar-refractivity contribution in [3.05, 3.63) is 12.2 Å². The van der Waals surface area contributed by atoms with Gasteiger partial charge in [0, 0.05) is 13.1 Å². The van der Waals surface area contributed by atoms with Gasteiger partial charge in [-0.2, -0.15) is 0 Å². The lowest BCUT2D eigenvalue weighted by Gasteiger charge is -2.27. The molecule has 0 aliphatic carbocycles. The number of rotatable bonds is 6. The van der Waals surface area contributed by atoms with Gasteiger partial charge in [-0.15, -0.1) is 0 Å². The molecule has 0 amide bonds. The standard InChI is InChI=1S/C13H25N/c1-3-4-5-6-7-10-14-11-8-13(2)9-12-14/h2-12H2,1H3. The Kier molecular flexibility index (Phi) is 5.93. The molecule has 14 heavy (non-hydrogen) atoms. The van der Waals surface area contributed by atoms with Gasteiger partial charge in [0.2, 0.25) is 0 Å². The second kappa shape index (κ2) is 7.05. The van der Waals surface area contributed by atoms with Crippen molar-refractivity contribution in [1.29, 1.82) is 0 Å². The Bertz CT molecular complexity index is 153. The average molecular weight is 195 g/mol. The van der Waals surface area contributed by atoms with E-state index in [-0.39, 0.29) is 0 Å². The first-order valence-corrected chi connectivity index (χ1v) is 6.22. The van der Waals surface area contributed by atoms with Crippen LogP contribution in [0.5, 0.6) is 0 Å². The summed E-state index contributed by atoms with van der Waals surface area (Å²) >= 11 is 0. The van der Waals surface area contributed by atoms with Gasteiger partial charge < -0.3 is 4.90 Å². The van der Waals surface area contributed by atoms with Crippen molar-refractivity contribution >= 4 is 0 Å². The Labute approximate surface area is 89.2 Å². The Balaban J connectivity index is 1.94. The average Bonchev–Trinajstić information content (AvgIpc) is 2.21. The quantitative estimate of drug-likeness (QED) is 0.462. The fourth-order valence-electron chi connectivity index (χ4n) is 2.03. The van der Waals surface area contributed by atoms with Crippen LogP contribution in [0.15, 0.2) is 12.2 Å². The van der Waals surface area contributed by atoms with Crippen LogP contribution in [0.2, 0.25) is 0 Å². The van der Waals surface area contributed by atoms with Crippen LogP contribution in [0.4, 0.5) is 0 Å². The molecule has 0 aromatic carbocycles. The molecule has 1 heterocycles. The minimum Gasteiger partial charge on any atom is -0.303 e. The fraction of sp³-hybridized carbons (Fsp3) is 0.846. The van der Waals surface area contributed by atoms with E-state index in [1.54, 1.807) is 0 Å². The van der Waals surface area contributed by atoms with Gasteiger partial charge in [0.05, 0.1) is 0 Å². The predicted octanol–water partition coefficient (Wildman–Crippen LogP) is 3.61. The van der Waals surface area contributed by atoms with E-state index in [0.29, 0.717) is 0 Å². The molecule has 1 rings (SSSR count). The molecule has 0 unspecified atom stereocenters. The van der Waals surface area contributed by atoms with Crippen LogP contribution in [-0.2, 0) is 0 Å². The van der Waals surface area contributed by atoms with Crippen LogP contribution in [0.25, 0.3) is 0 Å². The lowest BCUT2D eigenvalue weighted by Crippen LogP contribution is -2.31. The third kappa shape index (κ3) is 4.80. The molecule has 1 fully saturated rings. The van der Waals surface area contributed by atoms with Crippen LogP contribution in [-0.4, -0.2) is 24.5 Å². The van der Waals surface area contributed by atoms with Crippen molar-refractivity contribution in [1.82, 2.24) is 4.90 Å². The lowest BCUT2D eigenvalue weighted by molar-refractivity contribution is 0.251. The largest absolute Gasteiger partial charge is 0.303 e. The van der Waals surface area contributed by atoms with Crippen LogP contribution in [0.3, 0.4) is 0 Å². The number of unbranched alkanes of at least 4 members (excludes halogenated alkanes) is 4. The van der Waals surface area contributed by atoms with E-state index in [1.807, 2.05) is 0 Å². The molecule has 1 heteroatoms. The molecule has 0 spiro atoms. The highest BCUT2D eigenvalue weighted by molar-refractivity contribution is 4.98. The monoisotopic (exact) mass is 195 g/mol. The van der Waals surface area contributed by atoms with E-state index in [4.69, 9.17) is 0 Å². The molecule has 1 aliphatic heterocycles. The van der Waals surface area contributed by atoms with Crippen molar-refractivity contribution < 1.29 is 0 Å². The fourth-order valence-corrected chi connectivity index (χ4v) is 2.03. The van der Waals surface area contributed by atoms with Gasteiger partial charge in [0.1, 0.15) is 0 Å². The van der Waals surface area contributed by atoms with E-state index in [9.17, 15) is 0 Å². The predicted molar refractivity (Wildman–Crippen MR) is 63.6 cm³/mol. The van der Waals surface area contributed by atoms with Crippen molar-refractivity contribution in [2.75, 3.05) is 19.6 Å². The number of hydrogen-bond donors (Lipinski definition) is 0. The smallest absolute Gasteiger partial charge is 0.00186 e. The highest BCUT2D eigenvalue weighted by atomic mass is 15.1. The van der Waals surface area contributed by atoms with Crippen molar-refractivity contribution in [2.45, 2.75) is 51.9 Å². The van der Waals surface area contributed by atoms with E-state index < -0.39 is 0 Å². The zero-order valence-electron chi connectivity index (χ0n) is 9.73. The van der Waals surface area contributed by atoms with Crippen molar-refractivity contribution in [3.8, 4) is 0 Å². The summed E-state index contributed by atoms with van der Waals surface area (Å²) in [6, 6.07) is 0. The number of likely N-dealkylation sites (tertiary alicyclic amines) is 1. The number of hydrogen-bond acceptors (Lipinski definition) is 1. The molecule has 0 N–H and O–H groups in total. The normalized spacial score (nSPS) is 18.8. The molecule has 1 aliphatic rings. The molecule has 1 saturated heterocycles. The third-order valence-electron chi connectivity index (χ3n) is 3.14. The molecule has 0 radical (unpaired) electrons. The second-order valence-corrected chi connectivity index (χ2v) is 4.51. The SMILES string of the molecule is C=C1CCN(CCCCCCC)CC1. The minimum atomic E-state index is 1.23. The first-order valence-electron chi connectivity index (χ1n) is 6.22. The van der Waals surface area contributed by atoms with Gasteiger partial charge in [-0.1, -0.05) is 44.8 Å². The van der Waals surface area contributed by atoms with E-state index in [1.165, 1.54) is 70.2 Å². The Hall–Kier alpha value is -0.300. The molecular weight excluding hydrogens is 170 g/mol. The third-order valence-corrected chi connectivity index (χ3v) is 3.14. The van der Waals surface area contributed by atoms with Gasteiger partial charge >= 0.3 is 0 Å². The molecular formula is C13H25N. The second-order valence-electron chi connectivity index (χ2n) is 4.51. The first-order chi connectivity index (χ1) is 6.83. The van der Waals surface area contributed by atoms with Gasteiger partial charge in [-0.3, -0.25) is 0 Å². The number of piperidine rings is 1. The summed E-state index contributed by atoms with van der Waals surface area (Å²) in [5, 5.41) is 0. The summed E-state index contributed by atoms with van der Waals surface area (Å²) < 4.78 is 0. The maximum absolute atomic E-state index is 4.04. The van der Waals surface area contributed by atoms with Gasteiger partial charge in [-0.25, -0.2) is 0 Å². The molecule has 0 saturated carbocycles. The summed E-state index contributed by atoms with van der Waals surface area (Å²) in [7, 11) is 0. The topological polar surface area (TPSA) is 3.24 Å². The summed E-state index contributed by atoms with van der Waals surface area (Å²) in [5.74, 6) is 0. The molecule has 1 nitrogen and oxygen atoms in total. The highest BCUT2D eigenvalue weighted by Crippen LogP contribution is 2.14. The minimum absolute atomic E-state index is 1.23. The van der Waals surface area contributed by atoms with Gasteiger partial charge in [0.15, 0.2) is 0 Å². The zero-order valence-corrected chi connectivity index (χ0v) is 9.73. The molecule has 0 aromatic rings. The highest BCUT2D eigenvalue weighted by Gasteiger charge is 2.11. The Morgan fingerprint density at radius 1 is 1.07 bits per heavy atom. The first kappa shape index (κ1) is 11.8. The zero-order chi connectivity index (χ0) is 10.2. The van der Waals surface area contributed by atoms with Gasteiger partial charge in [0.25, 0.3) is 0 Å². The summed E-state index contributed by atoms with van der Waals surface area (Å²) in [4.78, 5) is 2.60. The maximum atomic E-state index is 4.04. The Morgan fingerprint density at radius 2 is 1.71 bits per heavy atom.